The number of hydrogen-bond donors (Lipinski definition) is 2. The van der Waals surface area contributed by atoms with E-state index >= 15 is 0 Å². The van der Waals surface area contributed by atoms with E-state index in [4.69, 9.17) is 5.73 Å². The molecule has 2 aromatic heterocycles. The summed E-state index contributed by atoms with van der Waals surface area (Å²) in [5.74, 6) is -0.0874. The van der Waals surface area contributed by atoms with Gasteiger partial charge in [0.25, 0.3) is 0 Å². The molecular formula is C10H10N4OS. The van der Waals surface area contributed by atoms with Crippen molar-refractivity contribution in [3.05, 3.63) is 29.8 Å². The molecule has 0 amide bonds. The van der Waals surface area contributed by atoms with Gasteiger partial charge in [-0.2, -0.15) is 5.10 Å². The summed E-state index contributed by atoms with van der Waals surface area (Å²) in [6.45, 7) is 1.47. The molecule has 16 heavy (non-hydrogen) atoms. The average molecular weight is 234 g/mol. The van der Waals surface area contributed by atoms with E-state index in [0.29, 0.717) is 10.6 Å². The van der Waals surface area contributed by atoms with Gasteiger partial charge in [-0.3, -0.25) is 9.89 Å². The van der Waals surface area contributed by atoms with E-state index in [2.05, 4.69) is 15.2 Å². The van der Waals surface area contributed by atoms with Crippen molar-refractivity contribution in [2.24, 2.45) is 5.73 Å². The molecule has 0 saturated heterocycles. The van der Waals surface area contributed by atoms with Crippen LogP contribution in [0.15, 0.2) is 24.8 Å². The zero-order chi connectivity index (χ0) is 11.5. The minimum atomic E-state index is -0.0874. The van der Waals surface area contributed by atoms with Gasteiger partial charge in [-0.05, 0) is 6.92 Å². The van der Waals surface area contributed by atoms with Gasteiger partial charge < -0.3 is 5.73 Å². The molecule has 0 radical (unpaired) electrons. The molecule has 0 aromatic carbocycles. The average Bonchev–Trinajstić information content (AvgIpc) is 2.86. The Balaban J connectivity index is 2.37. The monoisotopic (exact) mass is 234 g/mol. The van der Waals surface area contributed by atoms with Gasteiger partial charge >= 0.3 is 0 Å². The maximum absolute atomic E-state index is 11.3. The van der Waals surface area contributed by atoms with Crippen molar-refractivity contribution < 1.29 is 4.79 Å². The number of thiazole rings is 1. The highest BCUT2D eigenvalue weighted by Gasteiger charge is 2.12. The van der Waals surface area contributed by atoms with Crippen LogP contribution in [0, 0.1) is 0 Å². The number of nitrogens with zero attached hydrogens (tertiary/aromatic N) is 2. The van der Waals surface area contributed by atoms with Crippen LogP contribution in [-0.4, -0.2) is 21.0 Å². The Morgan fingerprint density at radius 2 is 2.38 bits per heavy atom. The molecule has 2 rings (SSSR count). The van der Waals surface area contributed by atoms with Crippen molar-refractivity contribution in [2.45, 2.75) is 6.92 Å². The number of aromatic amines is 1. The normalized spacial score (nSPS) is 11.7. The van der Waals surface area contributed by atoms with Crippen LogP contribution in [0.2, 0.25) is 0 Å². The standard InChI is InChI=1S/C10H10N4OS/c1-6(15)8(2-11)10-12-5-9(16-10)7-3-13-14-4-7/h2-5H,11H2,1H3,(H,13,14). The quantitative estimate of drug-likeness (QED) is 0.786. The summed E-state index contributed by atoms with van der Waals surface area (Å²) in [4.78, 5) is 16.4. The van der Waals surface area contributed by atoms with E-state index < -0.39 is 0 Å². The molecular weight excluding hydrogens is 224 g/mol. The van der Waals surface area contributed by atoms with E-state index in [0.717, 1.165) is 10.4 Å². The lowest BCUT2D eigenvalue weighted by Gasteiger charge is -1.95. The Morgan fingerprint density at radius 3 is 2.94 bits per heavy atom. The molecule has 6 heteroatoms. The largest absolute Gasteiger partial charge is 0.404 e. The minimum absolute atomic E-state index is 0.0874. The number of hydrogen-bond acceptors (Lipinski definition) is 5. The zero-order valence-corrected chi connectivity index (χ0v) is 9.41. The van der Waals surface area contributed by atoms with E-state index in [1.807, 2.05) is 0 Å². The second kappa shape index (κ2) is 4.28. The topological polar surface area (TPSA) is 84.7 Å². The summed E-state index contributed by atoms with van der Waals surface area (Å²) in [5, 5.41) is 7.21. The van der Waals surface area contributed by atoms with Gasteiger partial charge in [0.1, 0.15) is 5.01 Å². The number of rotatable bonds is 3. The van der Waals surface area contributed by atoms with Gasteiger partial charge in [-0.25, -0.2) is 4.98 Å². The maximum atomic E-state index is 11.3. The molecule has 82 valence electrons. The fourth-order valence-electron chi connectivity index (χ4n) is 1.26. The molecule has 0 aliphatic carbocycles. The summed E-state index contributed by atoms with van der Waals surface area (Å²) >= 11 is 1.41. The maximum Gasteiger partial charge on any atom is 0.164 e. The van der Waals surface area contributed by atoms with Gasteiger partial charge in [-0.1, -0.05) is 0 Å². The molecule has 0 unspecified atom stereocenters. The van der Waals surface area contributed by atoms with Crippen LogP contribution in [0.25, 0.3) is 16.0 Å². The Labute approximate surface area is 96.0 Å². The molecule has 2 heterocycles. The number of Topliss-reactive ketones (excluding diaryl/α,β-unsaturated/α-hetero) is 1. The number of aromatic nitrogens is 3. The van der Waals surface area contributed by atoms with Crippen LogP contribution >= 0.6 is 11.3 Å². The van der Waals surface area contributed by atoms with Crippen molar-refractivity contribution in [2.75, 3.05) is 0 Å². The van der Waals surface area contributed by atoms with Gasteiger partial charge in [0.05, 0.1) is 16.6 Å². The van der Waals surface area contributed by atoms with E-state index in [1.165, 1.54) is 24.5 Å². The third-order valence-electron chi connectivity index (χ3n) is 2.06. The van der Waals surface area contributed by atoms with E-state index in [1.54, 1.807) is 18.6 Å². The van der Waals surface area contributed by atoms with Crippen LogP contribution in [0.5, 0.6) is 0 Å². The smallest absolute Gasteiger partial charge is 0.164 e. The highest BCUT2D eigenvalue weighted by molar-refractivity contribution is 7.16. The molecule has 0 saturated carbocycles. The van der Waals surface area contributed by atoms with Crippen LogP contribution < -0.4 is 5.73 Å². The van der Waals surface area contributed by atoms with Crippen LogP contribution in [0.3, 0.4) is 0 Å². The fourth-order valence-corrected chi connectivity index (χ4v) is 2.23. The van der Waals surface area contributed by atoms with Crippen molar-refractivity contribution in [1.29, 1.82) is 0 Å². The molecule has 2 aromatic rings. The molecule has 0 atom stereocenters. The first-order valence-electron chi connectivity index (χ1n) is 4.60. The first-order chi connectivity index (χ1) is 7.72. The number of carbonyl (C=O) groups is 1. The predicted molar refractivity (Wildman–Crippen MR) is 62.5 cm³/mol. The van der Waals surface area contributed by atoms with Crippen molar-refractivity contribution >= 4 is 22.7 Å². The van der Waals surface area contributed by atoms with Crippen LogP contribution in [-0.2, 0) is 4.79 Å². The molecule has 0 spiro atoms. The molecule has 0 aliphatic rings. The lowest BCUT2D eigenvalue weighted by atomic mass is 10.2. The van der Waals surface area contributed by atoms with Crippen molar-refractivity contribution in [1.82, 2.24) is 15.2 Å². The Morgan fingerprint density at radius 1 is 1.56 bits per heavy atom. The van der Waals surface area contributed by atoms with E-state index in [9.17, 15) is 4.79 Å². The summed E-state index contributed by atoms with van der Waals surface area (Å²) < 4.78 is 0. The number of allylic oxidation sites excluding steroid dienone is 1. The van der Waals surface area contributed by atoms with Crippen molar-refractivity contribution in [3.8, 4) is 10.4 Å². The molecule has 5 nitrogen and oxygen atoms in total. The Bertz CT molecular complexity index is 527. The lowest BCUT2D eigenvalue weighted by molar-refractivity contribution is -0.111. The van der Waals surface area contributed by atoms with Gasteiger partial charge in [0.15, 0.2) is 5.78 Å². The second-order valence-corrected chi connectivity index (χ2v) is 4.18. The van der Waals surface area contributed by atoms with Crippen molar-refractivity contribution in [3.63, 3.8) is 0 Å². The summed E-state index contributed by atoms with van der Waals surface area (Å²) in [7, 11) is 0. The Hall–Kier alpha value is -1.95. The number of nitrogens with two attached hydrogens (primary N) is 1. The second-order valence-electron chi connectivity index (χ2n) is 3.15. The third-order valence-corrected chi connectivity index (χ3v) is 3.14. The SMILES string of the molecule is CC(=O)C(=CN)c1ncc(-c2cn[nH]c2)s1. The highest BCUT2D eigenvalue weighted by atomic mass is 32.1. The summed E-state index contributed by atoms with van der Waals surface area (Å²) in [5.41, 5.74) is 6.79. The van der Waals surface area contributed by atoms with Crippen LogP contribution in [0.4, 0.5) is 0 Å². The minimum Gasteiger partial charge on any atom is -0.404 e. The van der Waals surface area contributed by atoms with Gasteiger partial charge in [0, 0.05) is 24.2 Å². The molecule has 0 bridgehead atoms. The van der Waals surface area contributed by atoms with Crippen LogP contribution in [0.1, 0.15) is 11.9 Å². The van der Waals surface area contributed by atoms with Gasteiger partial charge in [-0.15, -0.1) is 11.3 Å². The first-order valence-corrected chi connectivity index (χ1v) is 5.42. The number of ketones is 1. The third kappa shape index (κ3) is 1.87. The van der Waals surface area contributed by atoms with E-state index in [-0.39, 0.29) is 5.78 Å². The number of nitrogens with one attached hydrogen (secondary N) is 1. The molecule has 3 N–H and O–H groups in total. The fraction of sp³-hybridized carbons (Fsp3) is 0.100. The lowest BCUT2D eigenvalue weighted by Crippen LogP contribution is -1.98. The number of carbonyl (C=O) groups excluding carboxylic acids is 1. The molecule has 0 fully saturated rings. The first kappa shape index (κ1) is 10.6. The predicted octanol–water partition coefficient (Wildman–Crippen LogP) is 1.42. The van der Waals surface area contributed by atoms with Gasteiger partial charge in [0.2, 0.25) is 0 Å². The summed E-state index contributed by atoms with van der Waals surface area (Å²) in [6, 6.07) is 0. The molecule has 0 aliphatic heterocycles. The zero-order valence-electron chi connectivity index (χ0n) is 8.60. The number of H-pyrrole nitrogens is 1. The highest BCUT2D eigenvalue weighted by Crippen LogP contribution is 2.28. The summed E-state index contributed by atoms with van der Waals surface area (Å²) in [6.07, 6.45) is 6.48. The Kier molecular flexibility index (Phi) is 2.82.